The van der Waals surface area contributed by atoms with Crippen molar-refractivity contribution in [1.29, 1.82) is 0 Å². The maximum Gasteiger partial charge on any atom is 0.251 e. The third-order valence-electron chi connectivity index (χ3n) is 6.29. The molecule has 0 unspecified atom stereocenters. The molecule has 2 saturated heterocycles. The van der Waals surface area contributed by atoms with Crippen LogP contribution in [0.2, 0.25) is 0 Å². The average Bonchev–Trinajstić information content (AvgIpc) is 3.12. The smallest absolute Gasteiger partial charge is 0.251 e. The largest absolute Gasteiger partial charge is 0.495 e. The fourth-order valence-electron chi connectivity index (χ4n) is 4.65. The Kier molecular flexibility index (Phi) is 5.08. The van der Waals surface area contributed by atoms with Crippen LogP contribution in [0.1, 0.15) is 6.42 Å². The molecular formula is C25H25N3O3. The van der Waals surface area contributed by atoms with Crippen LogP contribution < -0.4 is 14.5 Å². The third-order valence-corrected chi connectivity index (χ3v) is 6.29. The molecule has 0 radical (unpaired) electrons. The van der Waals surface area contributed by atoms with Gasteiger partial charge in [-0.1, -0.05) is 42.5 Å². The highest BCUT2D eigenvalue weighted by atomic mass is 16.5. The lowest BCUT2D eigenvalue weighted by atomic mass is 10.1. The molecule has 0 saturated carbocycles. The number of hydrogen-bond donors (Lipinski definition) is 0. The number of hydrogen-bond acceptors (Lipinski definition) is 5. The van der Waals surface area contributed by atoms with Gasteiger partial charge >= 0.3 is 0 Å². The van der Waals surface area contributed by atoms with Gasteiger partial charge in [-0.2, -0.15) is 0 Å². The summed E-state index contributed by atoms with van der Waals surface area (Å²) in [5.41, 5.74) is 1.72. The first-order chi connectivity index (χ1) is 15.2. The van der Waals surface area contributed by atoms with E-state index in [1.165, 1.54) is 4.90 Å². The summed E-state index contributed by atoms with van der Waals surface area (Å²) in [6.45, 7) is 3.03. The molecule has 2 heterocycles. The number of methoxy groups -OCH3 is 1. The van der Waals surface area contributed by atoms with Gasteiger partial charge in [-0.05, 0) is 35.0 Å². The van der Waals surface area contributed by atoms with Crippen LogP contribution >= 0.6 is 0 Å². The topological polar surface area (TPSA) is 53.1 Å². The zero-order valence-electron chi connectivity index (χ0n) is 17.5. The van der Waals surface area contributed by atoms with Crippen LogP contribution in [0.3, 0.4) is 0 Å². The highest BCUT2D eigenvalue weighted by molar-refractivity contribution is 6.22. The number of amides is 2. The minimum Gasteiger partial charge on any atom is -0.495 e. The predicted molar refractivity (Wildman–Crippen MR) is 122 cm³/mol. The molecule has 2 fully saturated rings. The zero-order valence-corrected chi connectivity index (χ0v) is 17.5. The molecule has 0 aliphatic carbocycles. The summed E-state index contributed by atoms with van der Waals surface area (Å²) in [5.74, 6) is 0.606. The lowest BCUT2D eigenvalue weighted by molar-refractivity contribution is -0.123. The molecule has 6 nitrogen and oxygen atoms in total. The second kappa shape index (κ2) is 8.04. The Bertz CT molecular complexity index is 1140. The molecule has 0 spiro atoms. The van der Waals surface area contributed by atoms with Crippen molar-refractivity contribution in [2.45, 2.75) is 12.5 Å². The summed E-state index contributed by atoms with van der Waals surface area (Å²) >= 11 is 0. The van der Waals surface area contributed by atoms with Crippen LogP contribution in [0.5, 0.6) is 5.75 Å². The first-order valence-electron chi connectivity index (χ1n) is 10.6. The van der Waals surface area contributed by atoms with Gasteiger partial charge in [0.15, 0.2) is 0 Å². The molecule has 6 heteroatoms. The summed E-state index contributed by atoms with van der Waals surface area (Å²) in [7, 11) is 1.68. The van der Waals surface area contributed by atoms with Crippen molar-refractivity contribution in [2.75, 3.05) is 43.1 Å². The second-order valence-corrected chi connectivity index (χ2v) is 8.01. The van der Waals surface area contributed by atoms with Crippen molar-refractivity contribution < 1.29 is 14.3 Å². The molecule has 1 atom stereocenters. The number of benzene rings is 3. The van der Waals surface area contributed by atoms with E-state index in [1.807, 2.05) is 60.7 Å². The molecule has 2 amide bonds. The quantitative estimate of drug-likeness (QED) is 0.612. The number of para-hydroxylation sites is 2. The van der Waals surface area contributed by atoms with Gasteiger partial charge in [-0.25, -0.2) is 4.90 Å². The number of carbonyl (C=O) groups is 2. The van der Waals surface area contributed by atoms with E-state index in [1.54, 1.807) is 7.11 Å². The van der Waals surface area contributed by atoms with Gasteiger partial charge in [0.25, 0.3) is 5.91 Å². The lowest BCUT2D eigenvalue weighted by Gasteiger charge is -2.38. The molecule has 0 N–H and O–H groups in total. The van der Waals surface area contributed by atoms with E-state index in [0.717, 1.165) is 48.4 Å². The Morgan fingerprint density at radius 2 is 1.55 bits per heavy atom. The van der Waals surface area contributed by atoms with E-state index in [-0.39, 0.29) is 18.2 Å². The van der Waals surface area contributed by atoms with Gasteiger partial charge in [0, 0.05) is 26.2 Å². The zero-order chi connectivity index (χ0) is 21.4. The lowest BCUT2D eigenvalue weighted by Crippen LogP contribution is -2.52. The van der Waals surface area contributed by atoms with Crippen LogP contribution in [0.15, 0.2) is 66.7 Å². The Hall–Kier alpha value is -3.38. The summed E-state index contributed by atoms with van der Waals surface area (Å²) in [6.07, 6.45) is 0.236. The Balaban J connectivity index is 1.31. The van der Waals surface area contributed by atoms with Gasteiger partial charge in [0.2, 0.25) is 5.91 Å². The SMILES string of the molecule is COc1ccccc1N1CCN([C@H]2CC(=O)N(c3ccc4ccccc4c3)C2=O)CC1. The standard InChI is InChI=1S/C25H25N3O3/c1-31-23-9-5-4-8-21(23)26-12-14-27(15-13-26)22-17-24(29)28(25(22)30)20-11-10-18-6-2-3-7-19(18)16-20/h2-11,16,22H,12-15,17H2,1H3/t22-/m0/s1. The van der Waals surface area contributed by atoms with Crippen LogP contribution in [0.25, 0.3) is 10.8 Å². The second-order valence-electron chi connectivity index (χ2n) is 8.01. The molecule has 158 valence electrons. The van der Waals surface area contributed by atoms with E-state index >= 15 is 0 Å². The van der Waals surface area contributed by atoms with Crippen LogP contribution in [-0.4, -0.2) is 56.0 Å². The number of rotatable bonds is 4. The van der Waals surface area contributed by atoms with E-state index in [2.05, 4.69) is 15.9 Å². The number of piperazine rings is 1. The molecular weight excluding hydrogens is 390 g/mol. The minimum atomic E-state index is -0.390. The highest BCUT2D eigenvalue weighted by Gasteiger charge is 2.43. The van der Waals surface area contributed by atoms with E-state index in [0.29, 0.717) is 5.69 Å². The first-order valence-corrected chi connectivity index (χ1v) is 10.6. The molecule has 31 heavy (non-hydrogen) atoms. The third kappa shape index (κ3) is 3.53. The molecule has 5 rings (SSSR count). The van der Waals surface area contributed by atoms with Crippen molar-refractivity contribution in [3.8, 4) is 5.75 Å². The maximum absolute atomic E-state index is 13.2. The van der Waals surface area contributed by atoms with Gasteiger partial charge in [-0.15, -0.1) is 0 Å². The minimum absolute atomic E-state index is 0.119. The molecule has 2 aliphatic heterocycles. The molecule has 0 bridgehead atoms. The number of nitrogens with zero attached hydrogens (tertiary/aromatic N) is 3. The van der Waals surface area contributed by atoms with Crippen LogP contribution in [0.4, 0.5) is 11.4 Å². The van der Waals surface area contributed by atoms with Crippen LogP contribution in [-0.2, 0) is 9.59 Å². The summed E-state index contributed by atoms with van der Waals surface area (Å²) in [4.78, 5) is 31.8. The number of ether oxygens (including phenoxy) is 1. The van der Waals surface area contributed by atoms with Gasteiger partial charge in [0.1, 0.15) is 5.75 Å². The van der Waals surface area contributed by atoms with E-state index < -0.39 is 6.04 Å². The summed E-state index contributed by atoms with van der Waals surface area (Å²) in [6, 6.07) is 21.3. The van der Waals surface area contributed by atoms with E-state index in [9.17, 15) is 9.59 Å². The average molecular weight is 415 g/mol. The molecule has 0 aromatic heterocycles. The van der Waals surface area contributed by atoms with E-state index in [4.69, 9.17) is 4.74 Å². The Labute approximate surface area is 181 Å². The van der Waals surface area contributed by atoms with Gasteiger partial charge < -0.3 is 9.64 Å². The summed E-state index contributed by atoms with van der Waals surface area (Å²) < 4.78 is 5.49. The Morgan fingerprint density at radius 1 is 0.839 bits per heavy atom. The van der Waals surface area contributed by atoms with Crippen molar-refractivity contribution in [1.82, 2.24) is 4.90 Å². The number of imide groups is 1. The van der Waals surface area contributed by atoms with Gasteiger partial charge in [-0.3, -0.25) is 14.5 Å². The number of fused-ring (bicyclic) bond motifs is 1. The van der Waals surface area contributed by atoms with Gasteiger partial charge in [0.05, 0.1) is 30.9 Å². The fourth-order valence-corrected chi connectivity index (χ4v) is 4.65. The highest BCUT2D eigenvalue weighted by Crippen LogP contribution is 2.31. The first kappa shape index (κ1) is 19.6. The van der Waals surface area contributed by atoms with Crippen molar-refractivity contribution >= 4 is 34.0 Å². The monoisotopic (exact) mass is 415 g/mol. The summed E-state index contributed by atoms with van der Waals surface area (Å²) in [5, 5.41) is 2.11. The number of carbonyl (C=O) groups excluding carboxylic acids is 2. The molecule has 3 aromatic carbocycles. The van der Waals surface area contributed by atoms with Crippen LogP contribution in [0, 0.1) is 0 Å². The normalized spacial score (nSPS) is 20.0. The van der Waals surface area contributed by atoms with Crippen molar-refractivity contribution in [3.05, 3.63) is 66.7 Å². The predicted octanol–water partition coefficient (Wildman–Crippen LogP) is 3.30. The van der Waals surface area contributed by atoms with Crippen molar-refractivity contribution in [2.24, 2.45) is 0 Å². The van der Waals surface area contributed by atoms with Crippen molar-refractivity contribution in [3.63, 3.8) is 0 Å². The molecule has 2 aliphatic rings. The Morgan fingerprint density at radius 3 is 2.32 bits per heavy atom. The number of anilines is 2. The maximum atomic E-state index is 13.2. The fraction of sp³-hybridized carbons (Fsp3) is 0.280. The molecule has 3 aromatic rings.